The molecule has 0 atom stereocenters. The topological polar surface area (TPSA) is 102 Å². The molecule has 0 saturated carbocycles. The molecule has 1 aromatic carbocycles. The molecule has 1 heterocycles. The van der Waals surface area contributed by atoms with Crippen molar-refractivity contribution in [1.29, 1.82) is 0 Å². The molecule has 0 aliphatic heterocycles. The lowest BCUT2D eigenvalue weighted by Gasteiger charge is -2.10. The number of hydrazine groups is 1. The maximum Gasteiger partial charge on any atom is 0.223 e. The van der Waals surface area contributed by atoms with Gasteiger partial charge in [0.1, 0.15) is 11.6 Å². The van der Waals surface area contributed by atoms with Crippen molar-refractivity contribution >= 4 is 39.2 Å². The predicted octanol–water partition coefficient (Wildman–Crippen LogP) is 2.16. The Labute approximate surface area is 113 Å². The molecule has 2 rings (SSSR count). The van der Waals surface area contributed by atoms with Gasteiger partial charge in [-0.25, -0.2) is 5.84 Å². The van der Waals surface area contributed by atoms with Crippen LogP contribution >= 0.6 is 15.9 Å². The molecule has 0 amide bonds. The fraction of sp³-hybridized carbons (Fsp3) is 0.0909. The third kappa shape index (κ3) is 2.88. The predicted molar refractivity (Wildman–Crippen MR) is 76.4 cm³/mol. The Balaban J connectivity index is 2.30. The Kier molecular flexibility index (Phi) is 3.63. The number of nitrogens with zero attached hydrogens (tertiary/aromatic N) is 2. The standard InChI is InChI=1S/C11H13BrN6/c1-6-4-7(12)2-3-8(6)15-9-5-10(18-14)17-11(13)16-9/h2-5H,14H2,1H3,(H4,13,15,16,17,18). The molecule has 1 aromatic heterocycles. The van der Waals surface area contributed by atoms with Crippen LogP contribution in [0.1, 0.15) is 5.56 Å². The minimum Gasteiger partial charge on any atom is -0.368 e. The van der Waals surface area contributed by atoms with E-state index in [1.807, 2.05) is 25.1 Å². The van der Waals surface area contributed by atoms with Crippen molar-refractivity contribution in [2.45, 2.75) is 6.92 Å². The van der Waals surface area contributed by atoms with Crippen LogP contribution in [0.15, 0.2) is 28.7 Å². The molecule has 0 aliphatic rings. The van der Waals surface area contributed by atoms with Gasteiger partial charge in [0.15, 0.2) is 0 Å². The Bertz CT molecular complexity index is 571. The molecule has 7 heteroatoms. The molecule has 0 fully saturated rings. The highest BCUT2D eigenvalue weighted by Gasteiger charge is 2.04. The van der Waals surface area contributed by atoms with Gasteiger partial charge < -0.3 is 16.5 Å². The minimum absolute atomic E-state index is 0.155. The molecule has 0 saturated heterocycles. The van der Waals surface area contributed by atoms with Crippen LogP contribution in [0.3, 0.4) is 0 Å². The van der Waals surface area contributed by atoms with E-state index in [0.717, 1.165) is 15.7 Å². The summed E-state index contributed by atoms with van der Waals surface area (Å²) in [7, 11) is 0. The fourth-order valence-electron chi connectivity index (χ4n) is 1.51. The van der Waals surface area contributed by atoms with E-state index in [-0.39, 0.29) is 5.95 Å². The quantitative estimate of drug-likeness (QED) is 0.512. The van der Waals surface area contributed by atoms with E-state index in [2.05, 4.69) is 36.6 Å². The highest BCUT2D eigenvalue weighted by molar-refractivity contribution is 9.10. The van der Waals surface area contributed by atoms with Crippen LogP contribution in [0.4, 0.5) is 23.3 Å². The molecule has 0 aliphatic carbocycles. The number of anilines is 4. The second kappa shape index (κ2) is 5.19. The summed E-state index contributed by atoms with van der Waals surface area (Å²) in [5.41, 5.74) is 10.1. The van der Waals surface area contributed by atoms with E-state index in [0.29, 0.717) is 11.6 Å². The first-order chi connectivity index (χ1) is 8.58. The first-order valence-corrected chi connectivity index (χ1v) is 6.02. The van der Waals surface area contributed by atoms with Crippen molar-refractivity contribution in [1.82, 2.24) is 9.97 Å². The Morgan fingerprint density at radius 1 is 1.17 bits per heavy atom. The van der Waals surface area contributed by atoms with Gasteiger partial charge in [-0.1, -0.05) is 15.9 Å². The highest BCUT2D eigenvalue weighted by Crippen LogP contribution is 2.24. The number of aromatic nitrogens is 2. The van der Waals surface area contributed by atoms with Crippen molar-refractivity contribution in [2.24, 2.45) is 5.84 Å². The van der Waals surface area contributed by atoms with E-state index in [4.69, 9.17) is 11.6 Å². The summed E-state index contributed by atoms with van der Waals surface area (Å²) < 4.78 is 1.03. The highest BCUT2D eigenvalue weighted by atomic mass is 79.9. The molecule has 0 spiro atoms. The summed E-state index contributed by atoms with van der Waals surface area (Å²) >= 11 is 3.42. The lowest BCUT2D eigenvalue weighted by atomic mass is 10.2. The lowest BCUT2D eigenvalue weighted by molar-refractivity contribution is 1.15. The van der Waals surface area contributed by atoms with Crippen LogP contribution in [0.25, 0.3) is 0 Å². The van der Waals surface area contributed by atoms with E-state index in [1.54, 1.807) is 6.07 Å². The zero-order chi connectivity index (χ0) is 13.1. The van der Waals surface area contributed by atoms with E-state index in [9.17, 15) is 0 Å². The first-order valence-electron chi connectivity index (χ1n) is 5.23. The second-order valence-corrected chi connectivity index (χ2v) is 4.64. The normalized spacial score (nSPS) is 10.2. The fourth-order valence-corrected chi connectivity index (χ4v) is 1.98. The number of nitrogens with one attached hydrogen (secondary N) is 2. The zero-order valence-corrected chi connectivity index (χ0v) is 11.3. The third-order valence-corrected chi connectivity index (χ3v) is 2.84. The van der Waals surface area contributed by atoms with Gasteiger partial charge >= 0.3 is 0 Å². The van der Waals surface area contributed by atoms with E-state index < -0.39 is 0 Å². The van der Waals surface area contributed by atoms with Crippen molar-refractivity contribution in [2.75, 3.05) is 16.5 Å². The molecule has 0 bridgehead atoms. The smallest absolute Gasteiger partial charge is 0.223 e. The SMILES string of the molecule is Cc1cc(Br)ccc1Nc1cc(NN)nc(N)n1. The van der Waals surface area contributed by atoms with Crippen LogP contribution < -0.4 is 22.3 Å². The number of hydrogen-bond acceptors (Lipinski definition) is 6. The second-order valence-electron chi connectivity index (χ2n) is 3.73. The Morgan fingerprint density at radius 2 is 1.89 bits per heavy atom. The maximum atomic E-state index is 5.59. The Morgan fingerprint density at radius 3 is 2.56 bits per heavy atom. The first kappa shape index (κ1) is 12.6. The number of aryl methyl sites for hydroxylation is 1. The largest absolute Gasteiger partial charge is 0.368 e. The minimum atomic E-state index is 0.155. The molecule has 0 radical (unpaired) electrons. The van der Waals surface area contributed by atoms with Crippen LogP contribution in [0.2, 0.25) is 0 Å². The van der Waals surface area contributed by atoms with Crippen molar-refractivity contribution < 1.29 is 0 Å². The van der Waals surface area contributed by atoms with Crippen molar-refractivity contribution in [3.63, 3.8) is 0 Å². The van der Waals surface area contributed by atoms with Gasteiger partial charge in [0.25, 0.3) is 0 Å². The molecule has 18 heavy (non-hydrogen) atoms. The number of hydrogen-bond donors (Lipinski definition) is 4. The van der Waals surface area contributed by atoms with Crippen LogP contribution in [0, 0.1) is 6.92 Å². The number of rotatable bonds is 3. The van der Waals surface area contributed by atoms with Gasteiger partial charge in [-0.15, -0.1) is 0 Å². The summed E-state index contributed by atoms with van der Waals surface area (Å²) in [6.45, 7) is 2.00. The molecule has 2 aromatic rings. The average molecular weight is 309 g/mol. The average Bonchev–Trinajstić information content (AvgIpc) is 2.32. The van der Waals surface area contributed by atoms with Gasteiger partial charge in [-0.05, 0) is 30.7 Å². The monoisotopic (exact) mass is 308 g/mol. The summed E-state index contributed by atoms with van der Waals surface area (Å²) in [4.78, 5) is 8.00. The van der Waals surface area contributed by atoms with Crippen molar-refractivity contribution in [3.8, 4) is 0 Å². The van der Waals surface area contributed by atoms with Crippen molar-refractivity contribution in [3.05, 3.63) is 34.3 Å². The number of nitrogens with two attached hydrogens (primary N) is 2. The number of benzene rings is 1. The molecule has 94 valence electrons. The summed E-state index contributed by atoms with van der Waals surface area (Å²) in [6.07, 6.45) is 0. The van der Waals surface area contributed by atoms with Gasteiger partial charge in [-0.3, -0.25) is 0 Å². The lowest BCUT2D eigenvalue weighted by Crippen LogP contribution is -2.11. The number of halogens is 1. The zero-order valence-electron chi connectivity index (χ0n) is 9.74. The van der Waals surface area contributed by atoms with Crippen LogP contribution in [-0.2, 0) is 0 Å². The van der Waals surface area contributed by atoms with Gasteiger partial charge in [0, 0.05) is 16.2 Å². The van der Waals surface area contributed by atoms with Gasteiger partial charge in [0.05, 0.1) is 0 Å². The maximum absolute atomic E-state index is 5.59. The van der Waals surface area contributed by atoms with E-state index in [1.165, 1.54) is 0 Å². The molecule has 0 unspecified atom stereocenters. The molecule has 6 nitrogen and oxygen atoms in total. The Hall–Kier alpha value is -1.86. The van der Waals surface area contributed by atoms with Gasteiger partial charge in [-0.2, -0.15) is 9.97 Å². The molecular formula is C11H13BrN6. The molecular weight excluding hydrogens is 296 g/mol. The van der Waals surface area contributed by atoms with E-state index >= 15 is 0 Å². The molecule has 6 N–H and O–H groups in total. The summed E-state index contributed by atoms with van der Waals surface area (Å²) in [6, 6.07) is 7.59. The summed E-state index contributed by atoms with van der Waals surface area (Å²) in [5, 5.41) is 3.17. The van der Waals surface area contributed by atoms with Crippen LogP contribution in [-0.4, -0.2) is 9.97 Å². The number of nitrogen functional groups attached to an aromatic ring is 2. The van der Waals surface area contributed by atoms with Crippen LogP contribution in [0.5, 0.6) is 0 Å². The third-order valence-electron chi connectivity index (χ3n) is 2.34. The van der Waals surface area contributed by atoms with Gasteiger partial charge in [0.2, 0.25) is 5.95 Å². The summed E-state index contributed by atoms with van der Waals surface area (Å²) in [5.74, 6) is 6.50.